The molecule has 0 saturated carbocycles. The van der Waals surface area contributed by atoms with Gasteiger partial charge in [-0.2, -0.15) is 0 Å². The Kier molecular flexibility index (Phi) is 7.44. The van der Waals surface area contributed by atoms with E-state index >= 15 is 0 Å². The zero-order valence-electron chi connectivity index (χ0n) is 14.7. The number of hydrogen-bond donors (Lipinski definition) is 1. The molecule has 8 heteroatoms. The van der Waals surface area contributed by atoms with Crippen LogP contribution in [0.3, 0.4) is 0 Å². The van der Waals surface area contributed by atoms with Gasteiger partial charge in [0.25, 0.3) is 0 Å². The van der Waals surface area contributed by atoms with Gasteiger partial charge in [-0.3, -0.25) is 4.79 Å². The SMILES string of the molecule is C=CCN(C(=O)CSc1nnc(NCCc2cccs2)s1)c1ccccc1. The van der Waals surface area contributed by atoms with Gasteiger partial charge in [-0.15, -0.1) is 28.1 Å². The molecule has 2 heterocycles. The third-order valence-corrected chi connectivity index (χ3v) is 6.57. The standard InChI is InChI=1S/C19H20N4OS3/c1-2-12-23(15-7-4-3-5-8-15)17(24)14-26-19-22-21-18(27-19)20-11-10-16-9-6-13-25-16/h2-9,13H,1,10-12,14H2,(H,20,21). The van der Waals surface area contributed by atoms with Crippen molar-refractivity contribution in [1.82, 2.24) is 10.2 Å². The average Bonchev–Trinajstić information content (AvgIpc) is 3.37. The van der Waals surface area contributed by atoms with Crippen LogP contribution in [0.1, 0.15) is 4.88 Å². The first kappa shape index (κ1) is 19.6. The molecule has 1 aromatic carbocycles. The molecule has 3 aromatic rings. The van der Waals surface area contributed by atoms with E-state index in [1.807, 2.05) is 30.3 Å². The molecule has 0 aliphatic rings. The van der Waals surface area contributed by atoms with Crippen LogP contribution in [0.5, 0.6) is 0 Å². The molecule has 1 amide bonds. The predicted octanol–water partition coefficient (Wildman–Crippen LogP) is 4.57. The zero-order valence-corrected chi connectivity index (χ0v) is 17.2. The van der Waals surface area contributed by atoms with E-state index in [1.54, 1.807) is 22.3 Å². The fourth-order valence-corrected chi connectivity index (χ4v) is 4.74. The smallest absolute Gasteiger partial charge is 0.237 e. The van der Waals surface area contributed by atoms with Crippen LogP contribution in [0.2, 0.25) is 0 Å². The van der Waals surface area contributed by atoms with E-state index in [9.17, 15) is 4.79 Å². The molecule has 140 valence electrons. The van der Waals surface area contributed by atoms with Gasteiger partial charge < -0.3 is 10.2 Å². The number of rotatable bonds is 10. The minimum atomic E-state index is 0.0218. The van der Waals surface area contributed by atoms with Gasteiger partial charge in [0.05, 0.1) is 5.75 Å². The van der Waals surface area contributed by atoms with Gasteiger partial charge in [-0.05, 0) is 30.0 Å². The summed E-state index contributed by atoms with van der Waals surface area (Å²) in [6.45, 7) is 5.05. The Bertz CT molecular complexity index is 849. The molecule has 27 heavy (non-hydrogen) atoms. The molecule has 0 spiro atoms. The highest BCUT2D eigenvalue weighted by Crippen LogP contribution is 2.26. The van der Waals surface area contributed by atoms with Crippen molar-refractivity contribution < 1.29 is 4.79 Å². The molecule has 3 rings (SSSR count). The van der Waals surface area contributed by atoms with Gasteiger partial charge in [0, 0.05) is 23.7 Å². The fraction of sp³-hybridized carbons (Fsp3) is 0.211. The maximum Gasteiger partial charge on any atom is 0.237 e. The van der Waals surface area contributed by atoms with Gasteiger partial charge in [0.2, 0.25) is 11.0 Å². The van der Waals surface area contributed by atoms with Gasteiger partial charge in [0.15, 0.2) is 4.34 Å². The van der Waals surface area contributed by atoms with Crippen molar-refractivity contribution in [1.29, 1.82) is 0 Å². The number of nitrogens with one attached hydrogen (secondary N) is 1. The van der Waals surface area contributed by atoms with Crippen LogP contribution in [0.4, 0.5) is 10.8 Å². The number of hydrogen-bond acceptors (Lipinski definition) is 7. The van der Waals surface area contributed by atoms with E-state index < -0.39 is 0 Å². The molecule has 0 atom stereocenters. The lowest BCUT2D eigenvalue weighted by molar-refractivity contribution is -0.116. The number of carbonyl (C=O) groups excluding carboxylic acids is 1. The maximum atomic E-state index is 12.6. The molecule has 0 unspecified atom stereocenters. The van der Waals surface area contributed by atoms with Crippen LogP contribution in [0, 0.1) is 0 Å². The number of para-hydroxylation sites is 1. The Labute approximate surface area is 171 Å². The third-order valence-electron chi connectivity index (χ3n) is 3.63. The Morgan fingerprint density at radius 1 is 1.22 bits per heavy atom. The number of nitrogens with zero attached hydrogens (tertiary/aromatic N) is 3. The van der Waals surface area contributed by atoms with Crippen molar-refractivity contribution in [3.05, 3.63) is 65.4 Å². The van der Waals surface area contributed by atoms with Crippen LogP contribution in [-0.4, -0.2) is 34.9 Å². The molecule has 0 fully saturated rings. The Morgan fingerprint density at radius 2 is 2.07 bits per heavy atom. The summed E-state index contributed by atoms with van der Waals surface area (Å²) in [5, 5.41) is 14.5. The number of anilines is 2. The van der Waals surface area contributed by atoms with Gasteiger partial charge in [0.1, 0.15) is 0 Å². The van der Waals surface area contributed by atoms with Gasteiger partial charge in [-0.1, -0.05) is 53.4 Å². The van der Waals surface area contributed by atoms with Gasteiger partial charge >= 0.3 is 0 Å². The van der Waals surface area contributed by atoms with E-state index in [0.717, 1.165) is 28.1 Å². The lowest BCUT2D eigenvalue weighted by atomic mass is 10.3. The number of carbonyl (C=O) groups is 1. The quantitative estimate of drug-likeness (QED) is 0.388. The summed E-state index contributed by atoms with van der Waals surface area (Å²) in [7, 11) is 0. The summed E-state index contributed by atoms with van der Waals surface area (Å²) in [6.07, 6.45) is 2.70. The molecule has 0 aliphatic heterocycles. The largest absolute Gasteiger partial charge is 0.360 e. The molecule has 0 bridgehead atoms. The number of amides is 1. The molecule has 5 nitrogen and oxygen atoms in total. The Balaban J connectivity index is 1.49. The van der Waals surface area contributed by atoms with Crippen molar-refractivity contribution in [2.45, 2.75) is 10.8 Å². The van der Waals surface area contributed by atoms with Crippen molar-refractivity contribution in [3.63, 3.8) is 0 Å². The summed E-state index contributed by atoms with van der Waals surface area (Å²) >= 11 is 4.64. The summed E-state index contributed by atoms with van der Waals surface area (Å²) in [5.74, 6) is 0.334. The first-order chi connectivity index (χ1) is 13.3. The molecule has 0 saturated heterocycles. The predicted molar refractivity (Wildman–Crippen MR) is 116 cm³/mol. The van der Waals surface area contributed by atoms with Gasteiger partial charge in [-0.25, -0.2) is 0 Å². The zero-order chi connectivity index (χ0) is 18.9. The highest BCUT2D eigenvalue weighted by atomic mass is 32.2. The summed E-state index contributed by atoms with van der Waals surface area (Å²) < 4.78 is 0.786. The third kappa shape index (κ3) is 5.92. The number of thioether (sulfide) groups is 1. The van der Waals surface area contributed by atoms with Crippen LogP contribution in [0.25, 0.3) is 0 Å². The van der Waals surface area contributed by atoms with Crippen molar-refractivity contribution in [2.24, 2.45) is 0 Å². The average molecular weight is 417 g/mol. The number of benzene rings is 1. The van der Waals surface area contributed by atoms with Crippen LogP contribution in [0.15, 0.2) is 64.8 Å². The second kappa shape index (κ2) is 10.2. The molecule has 0 radical (unpaired) electrons. The topological polar surface area (TPSA) is 58.1 Å². The second-order valence-corrected chi connectivity index (χ2v) is 8.78. The first-order valence-electron chi connectivity index (χ1n) is 8.45. The van der Waals surface area contributed by atoms with E-state index in [-0.39, 0.29) is 5.91 Å². The Morgan fingerprint density at radius 3 is 2.81 bits per heavy atom. The van der Waals surface area contributed by atoms with E-state index in [4.69, 9.17) is 0 Å². The summed E-state index contributed by atoms with van der Waals surface area (Å²) in [5.41, 5.74) is 0.871. The lowest BCUT2D eigenvalue weighted by Gasteiger charge is -2.20. The number of aromatic nitrogens is 2. The Hall–Kier alpha value is -2.16. The fourth-order valence-electron chi connectivity index (χ4n) is 2.38. The molecule has 2 aromatic heterocycles. The van der Waals surface area contributed by atoms with Crippen LogP contribution < -0.4 is 10.2 Å². The maximum absolute atomic E-state index is 12.6. The molecule has 1 N–H and O–H groups in total. The summed E-state index contributed by atoms with van der Waals surface area (Å²) in [4.78, 5) is 15.7. The first-order valence-corrected chi connectivity index (χ1v) is 11.1. The van der Waals surface area contributed by atoms with Crippen molar-refractivity contribution in [3.8, 4) is 0 Å². The highest BCUT2D eigenvalue weighted by molar-refractivity contribution is 8.01. The second-order valence-electron chi connectivity index (χ2n) is 5.55. The summed E-state index contributed by atoms with van der Waals surface area (Å²) in [6, 6.07) is 13.8. The number of thiophene rings is 1. The van der Waals surface area contributed by atoms with Crippen molar-refractivity contribution in [2.75, 3.05) is 29.1 Å². The van der Waals surface area contributed by atoms with E-state index in [2.05, 4.69) is 39.6 Å². The van der Waals surface area contributed by atoms with Crippen LogP contribution in [-0.2, 0) is 11.2 Å². The highest BCUT2D eigenvalue weighted by Gasteiger charge is 2.16. The normalized spacial score (nSPS) is 10.5. The lowest BCUT2D eigenvalue weighted by Crippen LogP contribution is -2.32. The molecular weight excluding hydrogens is 396 g/mol. The molecule has 0 aliphatic carbocycles. The van der Waals surface area contributed by atoms with Crippen molar-refractivity contribution >= 4 is 51.2 Å². The van der Waals surface area contributed by atoms with Crippen LogP contribution >= 0.6 is 34.4 Å². The molecular formula is C19H20N4OS3. The minimum absolute atomic E-state index is 0.0218. The van der Waals surface area contributed by atoms with E-state index in [1.165, 1.54) is 28.0 Å². The monoisotopic (exact) mass is 416 g/mol. The van der Waals surface area contributed by atoms with E-state index in [0.29, 0.717) is 12.3 Å². The minimum Gasteiger partial charge on any atom is -0.360 e.